The van der Waals surface area contributed by atoms with Crippen LogP contribution in [0.2, 0.25) is 10.0 Å². The van der Waals surface area contributed by atoms with Gasteiger partial charge in [-0.25, -0.2) is 0 Å². The molecule has 1 atom stereocenters. The zero-order valence-electron chi connectivity index (χ0n) is 22.2. The topological polar surface area (TPSA) is 58.6 Å². The molecule has 5 nitrogen and oxygen atoms in total. The van der Waals surface area contributed by atoms with Crippen molar-refractivity contribution >= 4 is 46.8 Å². The largest absolute Gasteiger partial charge is 0.497 e. The number of amides is 2. The summed E-state index contributed by atoms with van der Waals surface area (Å²) in [7, 11) is 1.63. The predicted molar refractivity (Wildman–Crippen MR) is 158 cm³/mol. The lowest BCUT2D eigenvalue weighted by molar-refractivity contribution is -0.140. The number of methoxy groups -OCH3 is 1. The molecule has 0 saturated carbocycles. The number of thioether (sulfide) groups is 1. The molecule has 0 heterocycles. The molecular weight excluding hydrogens is 539 g/mol. The predicted octanol–water partition coefficient (Wildman–Crippen LogP) is 6.79. The van der Waals surface area contributed by atoms with Crippen molar-refractivity contribution in [2.45, 2.75) is 51.1 Å². The molecule has 0 aliphatic rings. The molecule has 3 aromatic rings. The van der Waals surface area contributed by atoms with Crippen molar-refractivity contribution in [3.63, 3.8) is 0 Å². The molecule has 8 heteroatoms. The van der Waals surface area contributed by atoms with E-state index in [1.54, 1.807) is 30.2 Å². The van der Waals surface area contributed by atoms with E-state index in [2.05, 4.69) is 5.32 Å². The Morgan fingerprint density at radius 3 is 2.26 bits per heavy atom. The normalized spacial score (nSPS) is 12.1. The third-order valence-electron chi connectivity index (χ3n) is 5.78. The number of halogens is 2. The summed E-state index contributed by atoms with van der Waals surface area (Å²) >= 11 is 14.1. The number of hydrogen-bond donors (Lipinski definition) is 1. The van der Waals surface area contributed by atoms with Crippen LogP contribution in [0.25, 0.3) is 0 Å². The third kappa shape index (κ3) is 9.26. The van der Waals surface area contributed by atoms with E-state index in [0.29, 0.717) is 22.2 Å². The van der Waals surface area contributed by atoms with Crippen LogP contribution in [0.1, 0.15) is 37.5 Å². The molecule has 3 rings (SSSR count). The lowest BCUT2D eigenvalue weighted by atomic mass is 10.0. The molecule has 0 aliphatic carbocycles. The second-order valence-corrected chi connectivity index (χ2v) is 11.9. The molecule has 0 radical (unpaired) electrons. The Labute approximate surface area is 239 Å². The fraction of sp³-hybridized carbons (Fsp3) is 0.333. The molecule has 0 bridgehead atoms. The number of carbonyl (C=O) groups excluding carboxylic acids is 2. The average Bonchev–Trinajstić information content (AvgIpc) is 2.87. The van der Waals surface area contributed by atoms with Crippen molar-refractivity contribution < 1.29 is 14.3 Å². The van der Waals surface area contributed by atoms with Crippen LogP contribution >= 0.6 is 35.0 Å². The second-order valence-electron chi connectivity index (χ2n) is 10.0. The highest BCUT2D eigenvalue weighted by Gasteiger charge is 2.32. The van der Waals surface area contributed by atoms with Crippen LogP contribution in [-0.2, 0) is 28.3 Å². The fourth-order valence-corrected chi connectivity index (χ4v) is 5.24. The van der Waals surface area contributed by atoms with Crippen molar-refractivity contribution in [2.75, 3.05) is 12.9 Å². The number of carbonyl (C=O) groups is 2. The van der Waals surface area contributed by atoms with Crippen LogP contribution in [0.15, 0.2) is 72.8 Å². The maximum absolute atomic E-state index is 13.8. The van der Waals surface area contributed by atoms with E-state index in [1.165, 1.54) is 11.8 Å². The summed E-state index contributed by atoms with van der Waals surface area (Å²) < 4.78 is 5.22. The molecule has 0 spiro atoms. The molecular formula is C30H34Cl2N2O3S. The summed E-state index contributed by atoms with van der Waals surface area (Å²) in [5.41, 5.74) is 2.32. The molecule has 38 heavy (non-hydrogen) atoms. The molecule has 2 amide bonds. The first-order valence-electron chi connectivity index (χ1n) is 12.4. The van der Waals surface area contributed by atoms with Crippen LogP contribution in [0.5, 0.6) is 5.75 Å². The van der Waals surface area contributed by atoms with Crippen LogP contribution in [0.4, 0.5) is 0 Å². The minimum Gasteiger partial charge on any atom is -0.497 e. The van der Waals surface area contributed by atoms with E-state index in [1.807, 2.05) is 75.4 Å². The summed E-state index contributed by atoms with van der Waals surface area (Å²) in [4.78, 5) is 29.0. The minimum absolute atomic E-state index is 0.139. The van der Waals surface area contributed by atoms with E-state index in [-0.39, 0.29) is 24.1 Å². The SMILES string of the molecule is COc1ccc(CSCC(=O)N(Cc2ccc(Cl)cc2Cl)C(Cc2ccccc2)C(=O)NC(C)(C)C)cc1. The zero-order chi connectivity index (χ0) is 27.7. The van der Waals surface area contributed by atoms with Crippen molar-refractivity contribution in [2.24, 2.45) is 0 Å². The lowest BCUT2D eigenvalue weighted by Crippen LogP contribution is -2.54. The number of benzene rings is 3. The van der Waals surface area contributed by atoms with Gasteiger partial charge in [0.05, 0.1) is 12.9 Å². The van der Waals surface area contributed by atoms with Crippen molar-refractivity contribution in [3.05, 3.63) is 99.5 Å². The van der Waals surface area contributed by atoms with Gasteiger partial charge in [0.1, 0.15) is 11.8 Å². The maximum atomic E-state index is 13.8. The van der Waals surface area contributed by atoms with Gasteiger partial charge < -0.3 is 15.0 Å². The Morgan fingerprint density at radius 1 is 0.974 bits per heavy atom. The molecule has 0 aromatic heterocycles. The fourth-order valence-electron chi connectivity index (χ4n) is 3.90. The maximum Gasteiger partial charge on any atom is 0.243 e. The highest BCUT2D eigenvalue weighted by Crippen LogP contribution is 2.25. The van der Waals surface area contributed by atoms with Crippen LogP contribution < -0.4 is 10.1 Å². The number of hydrogen-bond acceptors (Lipinski definition) is 4. The second kappa shape index (κ2) is 13.9. The first-order chi connectivity index (χ1) is 18.1. The van der Waals surface area contributed by atoms with Crippen LogP contribution in [0, 0.1) is 0 Å². The standard InChI is InChI=1S/C30H34Cl2N2O3S/c1-30(2,3)33-29(36)27(16-21-8-6-5-7-9-21)34(18-23-12-13-24(31)17-26(23)32)28(35)20-38-19-22-10-14-25(37-4)15-11-22/h5-15,17,27H,16,18-20H2,1-4H3,(H,33,36). The Hall–Kier alpha value is -2.67. The Morgan fingerprint density at radius 2 is 1.66 bits per heavy atom. The summed E-state index contributed by atoms with van der Waals surface area (Å²) in [6.45, 7) is 5.97. The first-order valence-corrected chi connectivity index (χ1v) is 14.3. The van der Waals surface area contributed by atoms with Crippen molar-refractivity contribution in [1.29, 1.82) is 0 Å². The Kier molecular flexibility index (Phi) is 11.0. The lowest BCUT2D eigenvalue weighted by Gasteiger charge is -2.34. The van der Waals surface area contributed by atoms with E-state index in [4.69, 9.17) is 27.9 Å². The highest BCUT2D eigenvalue weighted by molar-refractivity contribution is 7.99. The average molecular weight is 574 g/mol. The molecule has 1 unspecified atom stereocenters. The molecule has 3 aromatic carbocycles. The molecule has 0 fully saturated rings. The van der Waals surface area contributed by atoms with Gasteiger partial charge in [0, 0.05) is 34.3 Å². The molecule has 0 aliphatic heterocycles. The smallest absolute Gasteiger partial charge is 0.243 e. The van der Waals surface area contributed by atoms with Gasteiger partial charge >= 0.3 is 0 Å². The van der Waals surface area contributed by atoms with E-state index < -0.39 is 11.6 Å². The molecule has 202 valence electrons. The van der Waals surface area contributed by atoms with E-state index in [0.717, 1.165) is 22.4 Å². The van der Waals surface area contributed by atoms with E-state index in [9.17, 15) is 9.59 Å². The molecule has 1 N–H and O–H groups in total. The minimum atomic E-state index is -0.725. The van der Waals surface area contributed by atoms with Gasteiger partial charge in [0.25, 0.3) is 0 Å². The number of ether oxygens (including phenoxy) is 1. The third-order valence-corrected chi connectivity index (χ3v) is 7.35. The highest BCUT2D eigenvalue weighted by atomic mass is 35.5. The number of nitrogens with zero attached hydrogens (tertiary/aromatic N) is 1. The van der Waals surface area contributed by atoms with Gasteiger partial charge in [-0.2, -0.15) is 0 Å². The summed E-state index contributed by atoms with van der Waals surface area (Å²) in [5, 5.41) is 4.04. The van der Waals surface area contributed by atoms with Gasteiger partial charge in [-0.1, -0.05) is 71.7 Å². The number of rotatable bonds is 11. The van der Waals surface area contributed by atoms with Gasteiger partial charge in [-0.15, -0.1) is 11.8 Å². The summed E-state index contributed by atoms with van der Waals surface area (Å²) in [6, 6.07) is 22.0. The zero-order valence-corrected chi connectivity index (χ0v) is 24.5. The van der Waals surface area contributed by atoms with Gasteiger partial charge in [0.2, 0.25) is 11.8 Å². The summed E-state index contributed by atoms with van der Waals surface area (Å²) in [5.74, 6) is 1.31. The van der Waals surface area contributed by atoms with Gasteiger partial charge in [-0.05, 0) is 61.7 Å². The van der Waals surface area contributed by atoms with Crippen LogP contribution in [-0.4, -0.2) is 41.2 Å². The van der Waals surface area contributed by atoms with Crippen molar-refractivity contribution in [1.82, 2.24) is 10.2 Å². The van der Waals surface area contributed by atoms with Crippen LogP contribution in [0.3, 0.4) is 0 Å². The Bertz CT molecular complexity index is 1210. The van der Waals surface area contributed by atoms with Gasteiger partial charge in [0.15, 0.2) is 0 Å². The quantitative estimate of drug-likeness (QED) is 0.275. The van der Waals surface area contributed by atoms with E-state index >= 15 is 0 Å². The number of nitrogens with one attached hydrogen (secondary N) is 1. The summed E-state index contributed by atoms with van der Waals surface area (Å²) in [6.07, 6.45) is 0.378. The monoisotopic (exact) mass is 572 g/mol. The Balaban J connectivity index is 1.88. The van der Waals surface area contributed by atoms with Gasteiger partial charge in [-0.3, -0.25) is 9.59 Å². The van der Waals surface area contributed by atoms with Crippen molar-refractivity contribution in [3.8, 4) is 5.75 Å². The first kappa shape index (κ1) is 29.9. The molecule has 0 saturated heterocycles.